The minimum absolute atomic E-state index is 0.00719. The Kier molecular flexibility index (Phi) is 5.68. The van der Waals surface area contributed by atoms with Gasteiger partial charge in [-0.2, -0.15) is 0 Å². The minimum atomic E-state index is -3.85. The van der Waals surface area contributed by atoms with Crippen molar-refractivity contribution in [1.29, 1.82) is 0 Å². The highest BCUT2D eigenvalue weighted by molar-refractivity contribution is 7.92. The van der Waals surface area contributed by atoms with Crippen molar-refractivity contribution in [3.05, 3.63) is 36.1 Å². The molecule has 1 aromatic heterocycles. The van der Waals surface area contributed by atoms with Gasteiger partial charge in [-0.15, -0.1) is 0 Å². The molecule has 1 heterocycles. The van der Waals surface area contributed by atoms with Gasteiger partial charge >= 0.3 is 5.97 Å². The Balaban J connectivity index is 1.68. The first kappa shape index (κ1) is 19.9. The summed E-state index contributed by atoms with van der Waals surface area (Å²) < 4.78 is 31.9. The molecule has 2 atom stereocenters. The second kappa shape index (κ2) is 8.01. The van der Waals surface area contributed by atoms with Crippen molar-refractivity contribution >= 4 is 33.4 Å². The van der Waals surface area contributed by atoms with Crippen molar-refractivity contribution in [3.63, 3.8) is 0 Å². The van der Waals surface area contributed by atoms with Gasteiger partial charge in [0, 0.05) is 11.8 Å². The predicted octanol–water partition coefficient (Wildman–Crippen LogP) is 2.61. The number of carbonyl (C=O) groups excluding carboxylic acids is 1. The molecule has 0 bridgehead atoms. The number of nitrogens with one attached hydrogen (secondary N) is 2. The van der Waals surface area contributed by atoms with Crippen LogP contribution >= 0.6 is 0 Å². The summed E-state index contributed by atoms with van der Waals surface area (Å²) in [6.07, 6.45) is 2.62. The molecule has 3 rings (SSSR count). The first-order valence-corrected chi connectivity index (χ1v) is 10.3. The van der Waals surface area contributed by atoms with E-state index in [1.807, 2.05) is 0 Å². The molecule has 0 saturated heterocycles. The number of carbonyl (C=O) groups is 2. The summed E-state index contributed by atoms with van der Waals surface area (Å²) in [6.45, 7) is 1.64. The molecule has 2 aromatic rings. The maximum Gasteiger partial charge on any atom is 0.307 e. The van der Waals surface area contributed by atoms with Crippen LogP contribution in [-0.2, 0) is 19.6 Å². The number of hydrogen-bond donors (Lipinski definition) is 3. The highest BCUT2D eigenvalue weighted by atomic mass is 32.2. The van der Waals surface area contributed by atoms with Gasteiger partial charge in [0.15, 0.2) is 5.82 Å². The summed E-state index contributed by atoms with van der Waals surface area (Å²) in [7, 11) is -3.85. The zero-order valence-electron chi connectivity index (χ0n) is 15.2. The van der Waals surface area contributed by atoms with Gasteiger partial charge in [-0.25, -0.2) is 8.42 Å². The topological polar surface area (TPSA) is 139 Å². The van der Waals surface area contributed by atoms with Gasteiger partial charge in [-0.1, -0.05) is 18.0 Å². The van der Waals surface area contributed by atoms with E-state index in [-0.39, 0.29) is 16.6 Å². The Labute approximate surface area is 162 Å². The third kappa shape index (κ3) is 4.50. The summed E-state index contributed by atoms with van der Waals surface area (Å²) >= 11 is 0. The van der Waals surface area contributed by atoms with Crippen LogP contribution in [0.1, 0.15) is 31.4 Å². The maximum absolute atomic E-state index is 12.5. The average molecular weight is 407 g/mol. The van der Waals surface area contributed by atoms with E-state index in [1.54, 1.807) is 6.92 Å². The molecule has 150 valence electrons. The molecule has 28 heavy (non-hydrogen) atoms. The van der Waals surface area contributed by atoms with Gasteiger partial charge in [0.1, 0.15) is 5.76 Å². The fraction of sp³-hybridized carbons (Fsp3) is 0.389. The summed E-state index contributed by atoms with van der Waals surface area (Å²) in [6, 6.07) is 7.06. The molecular weight excluding hydrogens is 386 g/mol. The molecule has 1 fully saturated rings. The molecule has 1 aliphatic carbocycles. The van der Waals surface area contributed by atoms with Crippen LogP contribution in [0.2, 0.25) is 0 Å². The Morgan fingerprint density at radius 3 is 2.36 bits per heavy atom. The lowest BCUT2D eigenvalue weighted by molar-refractivity contribution is -0.147. The van der Waals surface area contributed by atoms with Gasteiger partial charge in [-0.3, -0.25) is 14.3 Å². The molecule has 0 aliphatic heterocycles. The molecule has 1 aromatic carbocycles. The molecule has 9 nitrogen and oxygen atoms in total. The lowest BCUT2D eigenvalue weighted by Crippen LogP contribution is -2.36. The van der Waals surface area contributed by atoms with Crippen LogP contribution in [0, 0.1) is 18.8 Å². The molecule has 1 amide bonds. The van der Waals surface area contributed by atoms with E-state index in [1.165, 1.54) is 30.3 Å². The van der Waals surface area contributed by atoms with Crippen molar-refractivity contribution in [2.75, 3.05) is 10.0 Å². The second-order valence-corrected chi connectivity index (χ2v) is 8.46. The number of sulfonamides is 1. The van der Waals surface area contributed by atoms with Crippen LogP contribution in [0.4, 0.5) is 11.5 Å². The number of aryl methyl sites for hydroxylation is 1. The number of anilines is 2. The van der Waals surface area contributed by atoms with E-state index >= 15 is 0 Å². The predicted molar refractivity (Wildman–Crippen MR) is 100 cm³/mol. The minimum Gasteiger partial charge on any atom is -0.481 e. The SMILES string of the molecule is Cc1cc(NS(=O)(=O)c2ccc(NC(=O)[C@H]3CCCC[C@@H]3C(=O)O)cc2)no1. The first-order chi connectivity index (χ1) is 13.3. The number of benzene rings is 1. The number of aromatic nitrogens is 1. The Hall–Kier alpha value is -2.88. The fourth-order valence-electron chi connectivity index (χ4n) is 3.30. The number of rotatable bonds is 6. The highest BCUT2D eigenvalue weighted by Gasteiger charge is 2.35. The average Bonchev–Trinajstić information content (AvgIpc) is 3.06. The van der Waals surface area contributed by atoms with Crippen molar-refractivity contribution in [3.8, 4) is 0 Å². The number of nitrogens with zero attached hydrogens (tertiary/aromatic N) is 1. The van der Waals surface area contributed by atoms with Crippen molar-refractivity contribution in [2.24, 2.45) is 11.8 Å². The van der Waals surface area contributed by atoms with E-state index in [4.69, 9.17) is 4.52 Å². The summed E-state index contributed by atoms with van der Waals surface area (Å²) in [5.74, 6) is -2.06. The van der Waals surface area contributed by atoms with Gasteiger partial charge in [0.2, 0.25) is 5.91 Å². The normalized spacial score (nSPS) is 19.8. The summed E-state index contributed by atoms with van der Waals surface area (Å²) in [5.41, 5.74) is 0.399. The monoisotopic (exact) mass is 407 g/mol. The molecule has 0 radical (unpaired) electrons. The van der Waals surface area contributed by atoms with E-state index in [0.29, 0.717) is 24.3 Å². The molecule has 3 N–H and O–H groups in total. The highest BCUT2D eigenvalue weighted by Crippen LogP contribution is 2.31. The Bertz CT molecular complexity index is 967. The molecule has 0 spiro atoms. The number of aliphatic carboxylic acids is 1. The van der Waals surface area contributed by atoms with Crippen LogP contribution in [-0.4, -0.2) is 30.6 Å². The smallest absolute Gasteiger partial charge is 0.307 e. The number of hydrogen-bond acceptors (Lipinski definition) is 6. The third-order valence-corrected chi connectivity index (χ3v) is 6.09. The molecule has 1 saturated carbocycles. The van der Waals surface area contributed by atoms with E-state index in [0.717, 1.165) is 12.8 Å². The Morgan fingerprint density at radius 2 is 1.79 bits per heavy atom. The van der Waals surface area contributed by atoms with Crippen LogP contribution in [0.25, 0.3) is 0 Å². The zero-order chi connectivity index (χ0) is 20.3. The molecule has 10 heteroatoms. The second-order valence-electron chi connectivity index (χ2n) is 6.78. The zero-order valence-corrected chi connectivity index (χ0v) is 16.0. The van der Waals surface area contributed by atoms with E-state index in [9.17, 15) is 23.1 Å². The lowest BCUT2D eigenvalue weighted by Gasteiger charge is -2.27. The largest absolute Gasteiger partial charge is 0.481 e. The van der Waals surface area contributed by atoms with Gasteiger partial charge in [0.25, 0.3) is 10.0 Å². The van der Waals surface area contributed by atoms with Crippen molar-refractivity contribution < 1.29 is 27.6 Å². The number of amides is 1. The van der Waals surface area contributed by atoms with Crippen LogP contribution in [0.15, 0.2) is 39.8 Å². The number of carboxylic acid groups (broad SMARTS) is 1. The first-order valence-electron chi connectivity index (χ1n) is 8.86. The number of carboxylic acids is 1. The van der Waals surface area contributed by atoms with Crippen LogP contribution < -0.4 is 10.0 Å². The summed E-state index contributed by atoms with van der Waals surface area (Å²) in [4.78, 5) is 23.8. The third-order valence-electron chi connectivity index (χ3n) is 4.72. The van der Waals surface area contributed by atoms with Gasteiger partial charge in [0.05, 0.1) is 16.7 Å². The maximum atomic E-state index is 12.5. The molecule has 0 unspecified atom stereocenters. The van der Waals surface area contributed by atoms with E-state index in [2.05, 4.69) is 15.2 Å². The van der Waals surface area contributed by atoms with Crippen LogP contribution in [0.5, 0.6) is 0 Å². The molecular formula is C18H21N3O6S. The van der Waals surface area contributed by atoms with Crippen molar-refractivity contribution in [2.45, 2.75) is 37.5 Å². The van der Waals surface area contributed by atoms with Crippen LogP contribution in [0.3, 0.4) is 0 Å². The lowest BCUT2D eigenvalue weighted by atomic mass is 9.78. The van der Waals surface area contributed by atoms with Crippen molar-refractivity contribution in [1.82, 2.24) is 5.16 Å². The quantitative estimate of drug-likeness (QED) is 0.669. The Morgan fingerprint density at radius 1 is 1.14 bits per heavy atom. The fourth-order valence-corrected chi connectivity index (χ4v) is 4.29. The summed E-state index contributed by atoms with van der Waals surface area (Å²) in [5, 5.41) is 15.6. The van der Waals surface area contributed by atoms with E-state index < -0.39 is 27.8 Å². The van der Waals surface area contributed by atoms with Gasteiger partial charge in [-0.05, 0) is 44.0 Å². The standard InChI is InChI=1S/C18H21N3O6S/c1-11-10-16(20-27-11)21-28(25,26)13-8-6-12(7-9-13)19-17(22)14-4-2-3-5-15(14)18(23)24/h6-10,14-15H,2-5H2,1H3,(H,19,22)(H,20,21)(H,23,24)/t14-,15-/m0/s1. The van der Waals surface area contributed by atoms with Gasteiger partial charge < -0.3 is 14.9 Å². The molecule has 1 aliphatic rings.